The highest BCUT2D eigenvalue weighted by molar-refractivity contribution is 6.30. The van der Waals surface area contributed by atoms with Gasteiger partial charge in [-0.3, -0.25) is 9.59 Å². The van der Waals surface area contributed by atoms with Crippen molar-refractivity contribution in [2.75, 3.05) is 26.2 Å². The molecule has 0 atom stereocenters. The number of nitrogens with zero attached hydrogens (tertiary/aromatic N) is 2. The summed E-state index contributed by atoms with van der Waals surface area (Å²) < 4.78 is 5.77. The number of benzene rings is 2. The summed E-state index contributed by atoms with van der Waals surface area (Å²) in [4.78, 5) is 29.4. The average molecular weight is 429 g/mol. The summed E-state index contributed by atoms with van der Waals surface area (Å²) in [6.07, 6.45) is 2.45. The minimum absolute atomic E-state index is 0.00559. The van der Waals surface area contributed by atoms with Crippen LogP contribution in [0.1, 0.15) is 42.1 Å². The van der Waals surface area contributed by atoms with E-state index in [9.17, 15) is 9.59 Å². The Morgan fingerprint density at radius 1 is 1.13 bits per heavy atom. The summed E-state index contributed by atoms with van der Waals surface area (Å²) >= 11 is 5.99. The molecule has 2 amide bonds. The van der Waals surface area contributed by atoms with Gasteiger partial charge in [0.15, 0.2) is 6.61 Å². The van der Waals surface area contributed by atoms with Gasteiger partial charge in [-0.25, -0.2) is 0 Å². The summed E-state index contributed by atoms with van der Waals surface area (Å²) in [5.41, 5.74) is 1.62. The van der Waals surface area contributed by atoms with Crippen molar-refractivity contribution in [1.82, 2.24) is 9.80 Å². The van der Waals surface area contributed by atoms with Gasteiger partial charge in [-0.2, -0.15) is 0 Å². The van der Waals surface area contributed by atoms with Crippen LogP contribution >= 0.6 is 11.6 Å². The Morgan fingerprint density at radius 2 is 1.83 bits per heavy atom. The first-order chi connectivity index (χ1) is 14.5. The Hall–Kier alpha value is -2.53. The Balaban J connectivity index is 1.57. The van der Waals surface area contributed by atoms with Gasteiger partial charge in [0.2, 0.25) is 0 Å². The van der Waals surface area contributed by atoms with Gasteiger partial charge < -0.3 is 14.5 Å². The number of amides is 2. The van der Waals surface area contributed by atoms with Crippen LogP contribution in [0, 0.1) is 6.92 Å². The molecule has 1 saturated heterocycles. The molecule has 1 heterocycles. The van der Waals surface area contributed by atoms with Gasteiger partial charge in [-0.1, -0.05) is 36.7 Å². The molecule has 1 fully saturated rings. The molecule has 1 aliphatic heterocycles. The quantitative estimate of drug-likeness (QED) is 0.649. The molecule has 0 bridgehead atoms. The molecule has 6 heteroatoms. The molecule has 0 aromatic heterocycles. The van der Waals surface area contributed by atoms with Crippen LogP contribution < -0.4 is 4.74 Å². The zero-order valence-electron chi connectivity index (χ0n) is 17.6. The van der Waals surface area contributed by atoms with Crippen LogP contribution in [0.15, 0.2) is 48.5 Å². The van der Waals surface area contributed by atoms with E-state index in [-0.39, 0.29) is 24.5 Å². The van der Waals surface area contributed by atoms with Crippen molar-refractivity contribution >= 4 is 23.4 Å². The van der Waals surface area contributed by atoms with Crippen LogP contribution in [0.3, 0.4) is 0 Å². The highest BCUT2D eigenvalue weighted by Gasteiger charge is 2.29. The second kappa shape index (κ2) is 10.5. The predicted molar refractivity (Wildman–Crippen MR) is 119 cm³/mol. The summed E-state index contributed by atoms with van der Waals surface area (Å²) in [5, 5.41) is 0.649. The first kappa shape index (κ1) is 22.2. The average Bonchev–Trinajstić information content (AvgIpc) is 2.77. The highest BCUT2D eigenvalue weighted by atomic mass is 35.5. The number of carbonyl (C=O) groups is 2. The molecule has 0 unspecified atom stereocenters. The molecule has 0 aliphatic carbocycles. The summed E-state index contributed by atoms with van der Waals surface area (Å²) in [6, 6.07) is 14.9. The van der Waals surface area contributed by atoms with Crippen molar-refractivity contribution in [3.05, 3.63) is 64.7 Å². The molecule has 2 aromatic rings. The Labute approximate surface area is 183 Å². The van der Waals surface area contributed by atoms with E-state index in [1.807, 2.05) is 53.1 Å². The second-order valence-corrected chi connectivity index (χ2v) is 8.11. The zero-order chi connectivity index (χ0) is 21.5. The molecule has 0 spiro atoms. The minimum Gasteiger partial charge on any atom is -0.483 e. The van der Waals surface area contributed by atoms with E-state index in [0.29, 0.717) is 36.0 Å². The molecule has 0 N–H and O–H groups in total. The van der Waals surface area contributed by atoms with Gasteiger partial charge in [0.1, 0.15) is 5.75 Å². The van der Waals surface area contributed by atoms with E-state index in [4.69, 9.17) is 16.3 Å². The number of hydrogen-bond acceptors (Lipinski definition) is 3. The number of rotatable bonds is 7. The van der Waals surface area contributed by atoms with Gasteiger partial charge in [0.05, 0.1) is 0 Å². The molecule has 3 rings (SSSR count). The largest absolute Gasteiger partial charge is 0.483 e. The van der Waals surface area contributed by atoms with Crippen molar-refractivity contribution in [2.24, 2.45) is 0 Å². The fraction of sp³-hybridized carbons (Fsp3) is 0.417. The van der Waals surface area contributed by atoms with Gasteiger partial charge >= 0.3 is 0 Å². The topological polar surface area (TPSA) is 49.9 Å². The smallest absolute Gasteiger partial charge is 0.260 e. The molecule has 30 heavy (non-hydrogen) atoms. The minimum atomic E-state index is -0.0148. The summed E-state index contributed by atoms with van der Waals surface area (Å²) in [6.45, 7) is 5.99. The Kier molecular flexibility index (Phi) is 7.75. The van der Waals surface area contributed by atoms with Gasteiger partial charge in [-0.05, 0) is 62.1 Å². The van der Waals surface area contributed by atoms with Crippen LogP contribution in [0.4, 0.5) is 0 Å². The lowest BCUT2D eigenvalue weighted by Gasteiger charge is -2.38. The van der Waals surface area contributed by atoms with E-state index in [1.54, 1.807) is 12.1 Å². The third-order valence-electron chi connectivity index (χ3n) is 5.49. The van der Waals surface area contributed by atoms with Gasteiger partial charge in [0, 0.05) is 36.3 Å². The molecule has 5 nitrogen and oxygen atoms in total. The van der Waals surface area contributed by atoms with Crippen LogP contribution in [-0.4, -0.2) is 53.9 Å². The lowest BCUT2D eigenvalue weighted by atomic mass is 10.0. The van der Waals surface area contributed by atoms with Crippen LogP contribution in [-0.2, 0) is 4.79 Å². The highest BCUT2D eigenvalue weighted by Crippen LogP contribution is 2.23. The van der Waals surface area contributed by atoms with E-state index in [1.165, 1.54) is 0 Å². The lowest BCUT2D eigenvalue weighted by Crippen LogP contribution is -2.50. The van der Waals surface area contributed by atoms with E-state index in [2.05, 4.69) is 6.92 Å². The lowest BCUT2D eigenvalue weighted by molar-refractivity contribution is -0.136. The van der Waals surface area contributed by atoms with Crippen molar-refractivity contribution in [1.29, 1.82) is 0 Å². The number of ether oxygens (including phenoxy) is 1. The zero-order valence-corrected chi connectivity index (χ0v) is 18.4. The monoisotopic (exact) mass is 428 g/mol. The predicted octanol–water partition coefficient (Wildman–Crippen LogP) is 4.57. The van der Waals surface area contributed by atoms with Crippen molar-refractivity contribution in [2.45, 2.75) is 39.2 Å². The van der Waals surface area contributed by atoms with E-state index >= 15 is 0 Å². The molecular weight excluding hydrogens is 400 g/mol. The second-order valence-electron chi connectivity index (χ2n) is 7.68. The number of aryl methyl sites for hydroxylation is 1. The van der Waals surface area contributed by atoms with Crippen LogP contribution in [0.5, 0.6) is 5.75 Å². The maximum absolute atomic E-state index is 12.9. The fourth-order valence-corrected chi connectivity index (χ4v) is 4.12. The van der Waals surface area contributed by atoms with Crippen molar-refractivity contribution < 1.29 is 14.3 Å². The number of halogens is 1. The fourth-order valence-electron chi connectivity index (χ4n) is 3.89. The van der Waals surface area contributed by atoms with Crippen LogP contribution in [0.25, 0.3) is 0 Å². The molecule has 0 radical (unpaired) electrons. The molecule has 2 aromatic carbocycles. The summed E-state index contributed by atoms with van der Waals surface area (Å²) in [7, 11) is 0. The number of piperidine rings is 1. The maximum Gasteiger partial charge on any atom is 0.260 e. The molecule has 0 saturated carbocycles. The first-order valence-electron chi connectivity index (χ1n) is 10.5. The normalized spacial score (nSPS) is 14.4. The Bertz CT molecular complexity index is 864. The summed E-state index contributed by atoms with van der Waals surface area (Å²) in [5.74, 6) is 0.718. The molecule has 160 valence electrons. The number of hydrogen-bond donors (Lipinski definition) is 0. The SMILES string of the molecule is CCCN(C(=O)COc1ccc(Cl)cc1C)C1CCN(C(=O)c2ccccc2)CC1. The number of carbonyl (C=O) groups excluding carboxylic acids is 2. The Morgan fingerprint density at radius 3 is 2.47 bits per heavy atom. The molecule has 1 aliphatic rings. The van der Waals surface area contributed by atoms with Crippen molar-refractivity contribution in [3.63, 3.8) is 0 Å². The first-order valence-corrected chi connectivity index (χ1v) is 10.9. The third kappa shape index (κ3) is 5.54. The molecular formula is C24H29ClN2O3. The van der Waals surface area contributed by atoms with Gasteiger partial charge in [0.25, 0.3) is 11.8 Å². The number of likely N-dealkylation sites (tertiary alicyclic amines) is 1. The van der Waals surface area contributed by atoms with E-state index in [0.717, 1.165) is 24.8 Å². The van der Waals surface area contributed by atoms with Crippen molar-refractivity contribution in [3.8, 4) is 5.75 Å². The van der Waals surface area contributed by atoms with E-state index < -0.39 is 0 Å². The standard InChI is InChI=1S/C24H29ClN2O3/c1-3-13-27(23(28)17-30-22-10-9-20(25)16-18(22)2)21-11-14-26(15-12-21)24(29)19-7-5-4-6-8-19/h4-10,16,21H,3,11-15,17H2,1-2H3. The van der Waals surface area contributed by atoms with Gasteiger partial charge in [-0.15, -0.1) is 0 Å². The van der Waals surface area contributed by atoms with Crippen LogP contribution in [0.2, 0.25) is 5.02 Å². The third-order valence-corrected chi connectivity index (χ3v) is 5.72. The maximum atomic E-state index is 12.9.